The quantitative estimate of drug-likeness (QED) is 0.112. The Hall–Kier alpha value is -6.01. The van der Waals surface area contributed by atoms with Gasteiger partial charge in [-0.3, -0.25) is 14.5 Å². The van der Waals surface area contributed by atoms with E-state index in [1.807, 2.05) is 80.3 Å². The first kappa shape index (κ1) is 36.9. The second kappa shape index (κ2) is 15.3. The molecule has 4 atom stereocenters. The summed E-state index contributed by atoms with van der Waals surface area (Å²) in [5, 5.41) is 13.9. The van der Waals surface area contributed by atoms with Crippen molar-refractivity contribution in [2.24, 2.45) is 5.92 Å². The molecule has 2 aliphatic heterocycles. The first-order valence-corrected chi connectivity index (χ1v) is 19.5. The van der Waals surface area contributed by atoms with Gasteiger partial charge in [-0.05, 0) is 97.4 Å². The molecule has 2 fully saturated rings. The molecule has 8 rings (SSSR count). The van der Waals surface area contributed by atoms with Crippen LogP contribution in [0.3, 0.4) is 0 Å². The number of carbonyl (C=O) groups excluding carboxylic acids is 2. The molecule has 4 aromatic carbocycles. The van der Waals surface area contributed by atoms with E-state index in [9.17, 15) is 19.5 Å². The number of H-pyrrole nitrogens is 2. The standard InChI is InChI=1S/C44H48N8O4/c1-26(2)38(49-44(55)56)42(53)51-20-9-13-37(51)41-46-33-19-18-31(24-34(33)47-41)29-14-15-30-23-32(17-16-28(30)22-29)35-25-45-40(48-35)36-12-8-21-52(36)43(54)39(50(3)4)27-10-6-5-7-11-27/h5-7,10-11,14-19,22-26,36-39,49H,8-9,12-13,20-21H2,1-4H3,(H,45,48)(H,46,47)(H,55,56)/t36-,37-,38-,39+/m0/s1. The Labute approximate surface area is 325 Å². The molecular weight excluding hydrogens is 705 g/mol. The largest absolute Gasteiger partial charge is 0.465 e. The number of rotatable bonds is 10. The number of imidazole rings is 2. The van der Waals surface area contributed by atoms with Gasteiger partial charge in [-0.25, -0.2) is 14.8 Å². The summed E-state index contributed by atoms with van der Waals surface area (Å²) in [5.74, 6) is 1.22. The summed E-state index contributed by atoms with van der Waals surface area (Å²) in [6.07, 6.45) is 4.04. The number of nitrogens with one attached hydrogen (secondary N) is 3. The van der Waals surface area contributed by atoms with Crippen LogP contribution < -0.4 is 5.32 Å². The molecule has 2 aromatic heterocycles. The van der Waals surface area contributed by atoms with Gasteiger partial charge in [0.15, 0.2) is 0 Å². The van der Waals surface area contributed by atoms with E-state index in [1.54, 1.807) is 4.90 Å². The van der Waals surface area contributed by atoms with Gasteiger partial charge in [-0.2, -0.15) is 0 Å². The van der Waals surface area contributed by atoms with Crippen LogP contribution in [0, 0.1) is 5.92 Å². The van der Waals surface area contributed by atoms with Crippen molar-refractivity contribution in [1.82, 2.24) is 40.0 Å². The number of aromatic nitrogens is 4. The molecule has 3 amide bonds. The van der Waals surface area contributed by atoms with Gasteiger partial charge in [0.1, 0.15) is 23.7 Å². The summed E-state index contributed by atoms with van der Waals surface area (Å²) in [6.45, 7) is 4.95. The number of benzene rings is 4. The van der Waals surface area contributed by atoms with Crippen LogP contribution in [0.1, 0.15) is 74.9 Å². The summed E-state index contributed by atoms with van der Waals surface area (Å²) in [5.41, 5.74) is 6.74. The molecule has 56 heavy (non-hydrogen) atoms. The molecule has 2 aliphatic rings. The molecule has 6 aromatic rings. The summed E-state index contributed by atoms with van der Waals surface area (Å²) in [6, 6.07) is 27.4. The van der Waals surface area contributed by atoms with E-state index in [1.165, 1.54) is 0 Å². The van der Waals surface area contributed by atoms with Crippen molar-refractivity contribution >= 4 is 39.7 Å². The SMILES string of the molecule is CC(C)[C@H](NC(=O)O)C(=O)N1CCC[C@H]1c1nc2ccc(-c3ccc4cc(-c5cnc([C@@H]6CCCN6C(=O)[C@@H](c6ccccc6)N(C)C)[nH]5)ccc4c3)cc2[nH]1. The van der Waals surface area contributed by atoms with Crippen molar-refractivity contribution in [3.05, 3.63) is 108 Å². The van der Waals surface area contributed by atoms with E-state index < -0.39 is 12.1 Å². The molecule has 12 heteroatoms. The van der Waals surface area contributed by atoms with Gasteiger partial charge >= 0.3 is 6.09 Å². The van der Waals surface area contributed by atoms with Crippen molar-refractivity contribution in [3.8, 4) is 22.4 Å². The molecule has 2 saturated heterocycles. The number of likely N-dealkylation sites (N-methyl/N-ethyl adjacent to an activating group) is 1. The average molecular weight is 753 g/mol. The predicted molar refractivity (Wildman–Crippen MR) is 217 cm³/mol. The molecule has 288 valence electrons. The lowest BCUT2D eigenvalue weighted by molar-refractivity contribution is -0.137. The van der Waals surface area contributed by atoms with E-state index in [0.717, 1.165) is 81.3 Å². The van der Waals surface area contributed by atoms with Gasteiger partial charge in [-0.15, -0.1) is 0 Å². The highest BCUT2D eigenvalue weighted by Gasteiger charge is 2.38. The van der Waals surface area contributed by atoms with Gasteiger partial charge in [0, 0.05) is 18.7 Å². The second-order valence-corrected chi connectivity index (χ2v) is 15.6. The van der Waals surface area contributed by atoms with Crippen LogP contribution in [0.4, 0.5) is 4.79 Å². The Morgan fingerprint density at radius 3 is 2.09 bits per heavy atom. The summed E-state index contributed by atoms with van der Waals surface area (Å²) < 4.78 is 0. The van der Waals surface area contributed by atoms with Gasteiger partial charge in [-0.1, -0.05) is 74.5 Å². The Bertz CT molecular complexity index is 2400. The third-order valence-corrected chi connectivity index (χ3v) is 11.4. The Morgan fingerprint density at radius 1 is 0.786 bits per heavy atom. The fourth-order valence-corrected chi connectivity index (χ4v) is 8.52. The summed E-state index contributed by atoms with van der Waals surface area (Å²) in [4.78, 5) is 61.3. The first-order valence-electron chi connectivity index (χ1n) is 19.5. The molecule has 0 unspecified atom stereocenters. The number of carboxylic acid groups (broad SMARTS) is 1. The molecule has 0 saturated carbocycles. The van der Waals surface area contributed by atoms with Crippen molar-refractivity contribution in [3.63, 3.8) is 0 Å². The average Bonchev–Trinajstić information content (AvgIpc) is 4.02. The van der Waals surface area contributed by atoms with Crippen molar-refractivity contribution in [2.45, 2.75) is 63.7 Å². The van der Waals surface area contributed by atoms with Crippen LogP contribution in [0.2, 0.25) is 0 Å². The molecule has 0 spiro atoms. The Balaban J connectivity index is 0.993. The smallest absolute Gasteiger partial charge is 0.405 e. The summed E-state index contributed by atoms with van der Waals surface area (Å²) >= 11 is 0. The van der Waals surface area contributed by atoms with Gasteiger partial charge < -0.3 is 30.2 Å². The number of nitrogens with zero attached hydrogens (tertiary/aromatic N) is 5. The van der Waals surface area contributed by atoms with Gasteiger partial charge in [0.05, 0.1) is 35.0 Å². The van der Waals surface area contributed by atoms with Crippen LogP contribution in [-0.4, -0.2) is 90.9 Å². The van der Waals surface area contributed by atoms with E-state index in [4.69, 9.17) is 9.97 Å². The lowest BCUT2D eigenvalue weighted by Crippen LogP contribution is -2.50. The highest BCUT2D eigenvalue weighted by Crippen LogP contribution is 2.37. The zero-order valence-corrected chi connectivity index (χ0v) is 32.2. The Morgan fingerprint density at radius 2 is 1.41 bits per heavy atom. The number of hydrogen-bond donors (Lipinski definition) is 4. The fourth-order valence-electron chi connectivity index (χ4n) is 8.52. The zero-order chi connectivity index (χ0) is 39.1. The topological polar surface area (TPSA) is 151 Å². The number of hydrogen-bond acceptors (Lipinski definition) is 6. The zero-order valence-electron chi connectivity index (χ0n) is 32.2. The molecule has 0 radical (unpaired) electrons. The van der Waals surface area contributed by atoms with E-state index >= 15 is 0 Å². The van der Waals surface area contributed by atoms with E-state index in [-0.39, 0.29) is 35.9 Å². The highest BCUT2D eigenvalue weighted by molar-refractivity contribution is 5.92. The number of carbonyl (C=O) groups is 3. The minimum Gasteiger partial charge on any atom is -0.465 e. The van der Waals surface area contributed by atoms with Gasteiger partial charge in [0.25, 0.3) is 0 Å². The van der Waals surface area contributed by atoms with Crippen LogP contribution in [-0.2, 0) is 9.59 Å². The molecule has 12 nitrogen and oxygen atoms in total. The van der Waals surface area contributed by atoms with Crippen LogP contribution in [0.5, 0.6) is 0 Å². The second-order valence-electron chi connectivity index (χ2n) is 15.6. The minimum atomic E-state index is -1.20. The van der Waals surface area contributed by atoms with E-state index in [0.29, 0.717) is 18.9 Å². The van der Waals surface area contributed by atoms with Crippen LogP contribution in [0.25, 0.3) is 44.2 Å². The fraction of sp³-hybridized carbons (Fsp3) is 0.341. The molecule has 4 N–H and O–H groups in total. The molecule has 0 bridgehead atoms. The maximum atomic E-state index is 14.0. The maximum Gasteiger partial charge on any atom is 0.405 e. The van der Waals surface area contributed by atoms with Gasteiger partial charge in [0.2, 0.25) is 11.8 Å². The Kier molecular flexibility index (Phi) is 10.1. The van der Waals surface area contributed by atoms with Crippen LogP contribution >= 0.6 is 0 Å². The highest BCUT2D eigenvalue weighted by atomic mass is 16.4. The lowest BCUT2D eigenvalue weighted by Gasteiger charge is -2.31. The van der Waals surface area contributed by atoms with Crippen molar-refractivity contribution in [1.29, 1.82) is 0 Å². The molecule has 0 aliphatic carbocycles. The number of amides is 3. The minimum absolute atomic E-state index is 0.0924. The predicted octanol–water partition coefficient (Wildman–Crippen LogP) is 7.70. The number of fused-ring (bicyclic) bond motifs is 2. The molecule has 4 heterocycles. The normalized spacial score (nSPS) is 18.3. The number of likely N-dealkylation sites (tertiary alicyclic amines) is 2. The first-order chi connectivity index (χ1) is 27.0. The third-order valence-electron chi connectivity index (χ3n) is 11.4. The monoisotopic (exact) mass is 752 g/mol. The maximum absolute atomic E-state index is 14.0. The van der Waals surface area contributed by atoms with Crippen molar-refractivity contribution in [2.75, 3.05) is 27.2 Å². The van der Waals surface area contributed by atoms with Crippen LogP contribution in [0.15, 0.2) is 91.1 Å². The lowest BCUT2D eigenvalue weighted by atomic mass is 9.99. The third kappa shape index (κ3) is 7.12. The van der Waals surface area contributed by atoms with Crippen molar-refractivity contribution < 1.29 is 19.5 Å². The number of aromatic amines is 2. The van der Waals surface area contributed by atoms with E-state index in [2.05, 4.69) is 63.8 Å². The molecular formula is C44H48N8O4. The summed E-state index contributed by atoms with van der Waals surface area (Å²) in [7, 11) is 3.90.